The number of hydrogen-bond acceptors (Lipinski definition) is 0. The van der Waals surface area contributed by atoms with Gasteiger partial charge in [-0.15, -0.1) is 0 Å². The van der Waals surface area contributed by atoms with E-state index in [1.165, 1.54) is 16.7 Å². The standard InChI is InChI=1S/C9H11.BrH.Zn/c1-7-4-8(2)6-9(3)5-7;;/h4-5H,1-3H3;1H;/p-1. The molecule has 1 aromatic carbocycles. The molecule has 2 heteroatoms. The van der Waals surface area contributed by atoms with Crippen molar-refractivity contribution in [3.05, 3.63) is 34.9 Å². The van der Waals surface area contributed by atoms with E-state index in [1.807, 2.05) is 0 Å². The Balaban J connectivity index is 0. The van der Waals surface area contributed by atoms with E-state index < -0.39 is 0 Å². The van der Waals surface area contributed by atoms with Crippen molar-refractivity contribution in [3.8, 4) is 0 Å². The summed E-state index contributed by atoms with van der Waals surface area (Å²) in [5.74, 6) is 0. The van der Waals surface area contributed by atoms with Crippen LogP contribution in [0.5, 0.6) is 0 Å². The molecule has 0 aromatic heterocycles. The second-order valence-electron chi connectivity index (χ2n) is 2.52. The smallest absolute Gasteiger partial charge is 0 e. The van der Waals surface area contributed by atoms with Crippen molar-refractivity contribution in [3.63, 3.8) is 0 Å². The summed E-state index contributed by atoms with van der Waals surface area (Å²) in [5, 5.41) is 0. The molecule has 0 bridgehead atoms. The van der Waals surface area contributed by atoms with Crippen LogP contribution in [0.3, 0.4) is 0 Å². The first kappa shape index (κ1) is 13.9. The maximum Gasteiger partial charge on any atom is 0 e. The molecule has 1 aromatic rings. The zero-order chi connectivity index (χ0) is 6.85. The summed E-state index contributed by atoms with van der Waals surface area (Å²) in [4.78, 5) is 0. The van der Waals surface area contributed by atoms with Crippen LogP contribution in [0.1, 0.15) is 16.7 Å². The van der Waals surface area contributed by atoms with E-state index in [1.54, 1.807) is 0 Å². The number of rotatable bonds is 0. The first-order valence-electron chi connectivity index (χ1n) is 3.15. The van der Waals surface area contributed by atoms with Gasteiger partial charge in [0.15, 0.2) is 0 Å². The maximum atomic E-state index is 3.21. The summed E-state index contributed by atoms with van der Waals surface area (Å²) in [5.41, 5.74) is 3.78. The molecule has 0 saturated heterocycles. The van der Waals surface area contributed by atoms with Gasteiger partial charge in [-0.2, -0.15) is 0 Å². The monoisotopic (exact) mass is 262 g/mol. The van der Waals surface area contributed by atoms with Crippen molar-refractivity contribution in [2.45, 2.75) is 20.8 Å². The topological polar surface area (TPSA) is 0 Å². The molecule has 0 aliphatic heterocycles. The largest absolute Gasteiger partial charge is 1.00 e. The fraction of sp³-hybridized carbons (Fsp3) is 0.333. The van der Waals surface area contributed by atoms with Crippen molar-refractivity contribution in [1.29, 1.82) is 0 Å². The third kappa shape index (κ3) is 4.71. The summed E-state index contributed by atoms with van der Waals surface area (Å²) in [7, 11) is 0. The Kier molecular flexibility index (Phi) is 7.46. The molecule has 0 atom stereocenters. The summed E-state index contributed by atoms with van der Waals surface area (Å²) in [6.07, 6.45) is 0. The van der Waals surface area contributed by atoms with Crippen LogP contribution in [0.25, 0.3) is 0 Å². The molecular formula is C9H11BrZn-. The van der Waals surface area contributed by atoms with Gasteiger partial charge in [-0.3, -0.25) is 0 Å². The van der Waals surface area contributed by atoms with Gasteiger partial charge in [0.2, 0.25) is 0 Å². The van der Waals surface area contributed by atoms with Crippen LogP contribution in [0.2, 0.25) is 0 Å². The Morgan fingerprint density at radius 2 is 1.36 bits per heavy atom. The van der Waals surface area contributed by atoms with Crippen LogP contribution in [0.4, 0.5) is 0 Å². The van der Waals surface area contributed by atoms with Crippen LogP contribution >= 0.6 is 0 Å². The zero-order valence-electron chi connectivity index (χ0n) is 7.24. The normalized spacial score (nSPS) is 7.91. The van der Waals surface area contributed by atoms with Gasteiger partial charge in [-0.05, 0) is 38.0 Å². The minimum Gasteiger partial charge on any atom is -1.00 e. The molecule has 11 heavy (non-hydrogen) atoms. The molecule has 0 N–H and O–H groups in total. The van der Waals surface area contributed by atoms with Crippen molar-refractivity contribution < 1.29 is 36.5 Å². The SMILES string of the molecule is Cc1[c]c(C)cc(C)c1.[Br-].[Zn]. The number of aryl methyl sites for hydroxylation is 3. The van der Waals surface area contributed by atoms with E-state index in [9.17, 15) is 0 Å². The molecule has 0 unspecified atom stereocenters. The van der Waals surface area contributed by atoms with Gasteiger partial charge in [0.05, 0.1) is 0 Å². The zero-order valence-corrected chi connectivity index (χ0v) is 11.8. The number of benzene rings is 1. The molecule has 0 heterocycles. The molecule has 0 aliphatic rings. The molecule has 57 valence electrons. The third-order valence-electron chi connectivity index (χ3n) is 1.28. The summed E-state index contributed by atoms with van der Waals surface area (Å²) < 4.78 is 0. The van der Waals surface area contributed by atoms with E-state index >= 15 is 0 Å². The Labute approximate surface area is 91.9 Å². The third-order valence-corrected chi connectivity index (χ3v) is 1.28. The van der Waals surface area contributed by atoms with E-state index in [0.29, 0.717) is 0 Å². The van der Waals surface area contributed by atoms with E-state index in [4.69, 9.17) is 0 Å². The summed E-state index contributed by atoms with van der Waals surface area (Å²) >= 11 is 0. The molecule has 0 nitrogen and oxygen atoms in total. The molecule has 1 rings (SSSR count). The molecular weight excluding hydrogens is 253 g/mol. The first-order valence-corrected chi connectivity index (χ1v) is 3.15. The average Bonchev–Trinajstić information content (AvgIpc) is 1.59. The molecule has 0 saturated carbocycles. The van der Waals surface area contributed by atoms with Crippen LogP contribution in [0, 0.1) is 26.8 Å². The molecule has 0 spiro atoms. The van der Waals surface area contributed by atoms with E-state index in [-0.39, 0.29) is 36.5 Å². The second-order valence-corrected chi connectivity index (χ2v) is 2.52. The fourth-order valence-electron chi connectivity index (χ4n) is 1.11. The Morgan fingerprint density at radius 3 is 1.64 bits per heavy atom. The van der Waals surface area contributed by atoms with Crippen LogP contribution in [0.15, 0.2) is 12.1 Å². The Morgan fingerprint density at radius 1 is 1.00 bits per heavy atom. The number of hydrogen-bond donors (Lipinski definition) is 0. The van der Waals surface area contributed by atoms with Crippen molar-refractivity contribution >= 4 is 0 Å². The first-order chi connectivity index (χ1) is 4.18. The quantitative estimate of drug-likeness (QED) is 0.550. The van der Waals surface area contributed by atoms with Gasteiger partial charge >= 0.3 is 0 Å². The van der Waals surface area contributed by atoms with Crippen LogP contribution < -0.4 is 17.0 Å². The van der Waals surface area contributed by atoms with Crippen LogP contribution in [-0.4, -0.2) is 0 Å². The summed E-state index contributed by atoms with van der Waals surface area (Å²) in [6.45, 7) is 6.24. The van der Waals surface area contributed by atoms with Gasteiger partial charge in [-0.1, -0.05) is 17.7 Å². The Bertz CT molecular complexity index is 170. The fourth-order valence-corrected chi connectivity index (χ4v) is 1.11. The molecule has 1 radical (unpaired) electrons. The molecule has 0 fully saturated rings. The molecule has 0 aliphatic carbocycles. The van der Waals surface area contributed by atoms with Crippen molar-refractivity contribution in [2.75, 3.05) is 0 Å². The van der Waals surface area contributed by atoms with Crippen LogP contribution in [-0.2, 0) is 19.5 Å². The van der Waals surface area contributed by atoms with Gasteiger partial charge < -0.3 is 17.0 Å². The minimum atomic E-state index is 0. The minimum absolute atomic E-state index is 0. The van der Waals surface area contributed by atoms with Gasteiger partial charge in [0, 0.05) is 19.5 Å². The van der Waals surface area contributed by atoms with Crippen molar-refractivity contribution in [2.24, 2.45) is 0 Å². The Hall–Kier alpha value is 0.323. The van der Waals surface area contributed by atoms with E-state index in [2.05, 4.69) is 39.0 Å². The second kappa shape index (κ2) is 5.91. The maximum absolute atomic E-state index is 3.21. The average molecular weight is 264 g/mol. The van der Waals surface area contributed by atoms with E-state index in [0.717, 1.165) is 0 Å². The molecule has 0 amide bonds. The predicted molar refractivity (Wildman–Crippen MR) is 39.5 cm³/mol. The van der Waals surface area contributed by atoms with Gasteiger partial charge in [-0.25, -0.2) is 0 Å². The summed E-state index contributed by atoms with van der Waals surface area (Å²) in [6, 6.07) is 7.47. The van der Waals surface area contributed by atoms with Gasteiger partial charge in [0.1, 0.15) is 0 Å². The van der Waals surface area contributed by atoms with Crippen molar-refractivity contribution in [1.82, 2.24) is 0 Å². The number of halogens is 1. The predicted octanol–water partition coefficient (Wildman–Crippen LogP) is -0.586. The van der Waals surface area contributed by atoms with Gasteiger partial charge in [0.25, 0.3) is 0 Å².